The quantitative estimate of drug-likeness (QED) is 0.837. The Bertz CT molecular complexity index is 522. The van der Waals surface area contributed by atoms with Gasteiger partial charge in [0.2, 0.25) is 0 Å². The molecule has 0 saturated carbocycles. The molecule has 4 heteroatoms. The van der Waals surface area contributed by atoms with Crippen molar-refractivity contribution in [1.29, 1.82) is 0 Å². The highest BCUT2D eigenvalue weighted by Gasteiger charge is 2.06. The number of rotatable bonds is 5. The van der Waals surface area contributed by atoms with E-state index in [0.29, 0.717) is 5.56 Å². The summed E-state index contributed by atoms with van der Waals surface area (Å²) in [5.41, 5.74) is 2.78. The van der Waals surface area contributed by atoms with Crippen molar-refractivity contribution in [3.05, 3.63) is 40.7 Å². The van der Waals surface area contributed by atoms with Crippen molar-refractivity contribution >= 4 is 11.3 Å². The lowest BCUT2D eigenvalue weighted by atomic mass is 10.1. The van der Waals surface area contributed by atoms with E-state index in [1.54, 1.807) is 24.3 Å². The molecule has 0 aliphatic carbocycles. The number of aromatic nitrogens is 1. The molecule has 1 aromatic carbocycles. The maximum absolute atomic E-state index is 13.2. The van der Waals surface area contributed by atoms with Crippen molar-refractivity contribution in [2.75, 3.05) is 13.6 Å². The largest absolute Gasteiger partial charge is 0.320 e. The number of halogens is 1. The van der Waals surface area contributed by atoms with Crippen molar-refractivity contribution in [2.24, 2.45) is 0 Å². The molecule has 0 bridgehead atoms. The van der Waals surface area contributed by atoms with Crippen LogP contribution in [0.4, 0.5) is 4.39 Å². The van der Waals surface area contributed by atoms with Crippen molar-refractivity contribution in [3.8, 4) is 10.6 Å². The molecular weight excluding hydrogens is 247 g/mol. The number of hydrogen-bond acceptors (Lipinski definition) is 3. The summed E-state index contributed by atoms with van der Waals surface area (Å²) >= 11 is 1.62. The van der Waals surface area contributed by atoms with Crippen LogP contribution in [0.15, 0.2) is 23.6 Å². The fourth-order valence-electron chi connectivity index (χ4n) is 1.78. The molecule has 1 N–H and O–H groups in total. The van der Waals surface area contributed by atoms with E-state index in [0.717, 1.165) is 35.7 Å². The molecule has 0 saturated heterocycles. The lowest BCUT2D eigenvalue weighted by molar-refractivity contribution is 0.619. The Morgan fingerprint density at radius 1 is 1.39 bits per heavy atom. The molecule has 2 nitrogen and oxygen atoms in total. The van der Waals surface area contributed by atoms with Crippen LogP contribution in [0.1, 0.15) is 17.7 Å². The summed E-state index contributed by atoms with van der Waals surface area (Å²) in [6.07, 6.45) is 2.07. The van der Waals surface area contributed by atoms with Gasteiger partial charge in [-0.25, -0.2) is 9.37 Å². The average molecular weight is 264 g/mol. The second-order valence-corrected chi connectivity index (χ2v) is 5.17. The van der Waals surface area contributed by atoms with Crippen LogP contribution in [0.2, 0.25) is 0 Å². The van der Waals surface area contributed by atoms with E-state index >= 15 is 0 Å². The Kier molecular flexibility index (Phi) is 4.44. The third kappa shape index (κ3) is 3.15. The van der Waals surface area contributed by atoms with Crippen LogP contribution < -0.4 is 5.32 Å². The first kappa shape index (κ1) is 13.2. The summed E-state index contributed by atoms with van der Waals surface area (Å²) in [5.74, 6) is -0.162. The molecular formula is C14H17FN2S. The van der Waals surface area contributed by atoms with Gasteiger partial charge in [0.15, 0.2) is 0 Å². The molecule has 2 rings (SSSR count). The molecule has 18 heavy (non-hydrogen) atoms. The molecule has 1 heterocycles. The number of nitrogens with zero attached hydrogens (tertiary/aromatic N) is 1. The highest BCUT2D eigenvalue weighted by atomic mass is 32.1. The molecule has 0 amide bonds. The van der Waals surface area contributed by atoms with Crippen LogP contribution in [0.25, 0.3) is 10.6 Å². The number of aryl methyl sites for hydroxylation is 2. The molecule has 1 aromatic heterocycles. The fraction of sp³-hybridized carbons (Fsp3) is 0.357. The minimum absolute atomic E-state index is 0.162. The maximum Gasteiger partial charge on any atom is 0.126 e. The zero-order valence-electron chi connectivity index (χ0n) is 10.7. The summed E-state index contributed by atoms with van der Waals surface area (Å²) < 4.78 is 13.2. The van der Waals surface area contributed by atoms with Crippen LogP contribution >= 0.6 is 11.3 Å². The first-order chi connectivity index (χ1) is 8.70. The predicted octanol–water partition coefficient (Wildman–Crippen LogP) is 3.41. The van der Waals surface area contributed by atoms with E-state index < -0.39 is 0 Å². The molecule has 0 aliphatic rings. The van der Waals surface area contributed by atoms with Crippen molar-refractivity contribution in [2.45, 2.75) is 19.8 Å². The first-order valence-electron chi connectivity index (χ1n) is 6.06. The minimum Gasteiger partial charge on any atom is -0.320 e. The van der Waals surface area contributed by atoms with Crippen molar-refractivity contribution in [3.63, 3.8) is 0 Å². The third-order valence-electron chi connectivity index (χ3n) is 2.82. The fourth-order valence-corrected chi connectivity index (χ4v) is 2.63. The molecule has 0 radical (unpaired) electrons. The van der Waals surface area contributed by atoms with Gasteiger partial charge in [0.1, 0.15) is 10.8 Å². The Labute approximate surface area is 111 Å². The number of hydrogen-bond donors (Lipinski definition) is 1. The van der Waals surface area contributed by atoms with Gasteiger partial charge in [-0.2, -0.15) is 0 Å². The Balaban J connectivity index is 2.11. The van der Waals surface area contributed by atoms with Crippen molar-refractivity contribution in [1.82, 2.24) is 10.3 Å². The molecule has 0 aliphatic heterocycles. The zero-order chi connectivity index (χ0) is 13.0. The predicted molar refractivity (Wildman–Crippen MR) is 74.5 cm³/mol. The smallest absolute Gasteiger partial charge is 0.126 e. The molecule has 0 unspecified atom stereocenters. The van der Waals surface area contributed by atoms with Gasteiger partial charge in [-0.3, -0.25) is 0 Å². The van der Waals surface area contributed by atoms with Gasteiger partial charge in [0, 0.05) is 10.9 Å². The van der Waals surface area contributed by atoms with Crippen LogP contribution in [0.5, 0.6) is 0 Å². The number of benzene rings is 1. The summed E-state index contributed by atoms with van der Waals surface area (Å²) in [4.78, 5) is 4.59. The summed E-state index contributed by atoms with van der Waals surface area (Å²) in [7, 11) is 1.95. The van der Waals surface area contributed by atoms with Crippen LogP contribution in [-0.2, 0) is 6.42 Å². The summed E-state index contributed by atoms with van der Waals surface area (Å²) in [5, 5.41) is 6.18. The van der Waals surface area contributed by atoms with Crippen molar-refractivity contribution < 1.29 is 4.39 Å². The lowest BCUT2D eigenvalue weighted by Crippen LogP contribution is -2.08. The summed E-state index contributed by atoms with van der Waals surface area (Å²) in [6, 6.07) is 5.15. The van der Waals surface area contributed by atoms with Gasteiger partial charge < -0.3 is 5.32 Å². The lowest BCUT2D eigenvalue weighted by Gasteiger charge is -2.00. The average Bonchev–Trinajstić information content (AvgIpc) is 2.82. The maximum atomic E-state index is 13.2. The van der Waals surface area contributed by atoms with Crippen LogP contribution in [0, 0.1) is 12.7 Å². The second-order valence-electron chi connectivity index (χ2n) is 4.32. The monoisotopic (exact) mass is 264 g/mol. The van der Waals surface area contributed by atoms with Gasteiger partial charge in [-0.15, -0.1) is 11.3 Å². The molecule has 0 fully saturated rings. The number of thiazole rings is 1. The minimum atomic E-state index is -0.162. The van der Waals surface area contributed by atoms with Crippen LogP contribution in [-0.4, -0.2) is 18.6 Å². The Morgan fingerprint density at radius 3 is 2.94 bits per heavy atom. The van der Waals surface area contributed by atoms with Gasteiger partial charge in [0.05, 0.1) is 5.69 Å². The van der Waals surface area contributed by atoms with E-state index in [4.69, 9.17) is 0 Å². The topological polar surface area (TPSA) is 24.9 Å². The first-order valence-corrected chi connectivity index (χ1v) is 6.94. The van der Waals surface area contributed by atoms with Gasteiger partial charge in [-0.1, -0.05) is 0 Å². The Morgan fingerprint density at radius 2 is 2.22 bits per heavy atom. The normalized spacial score (nSPS) is 10.8. The highest BCUT2D eigenvalue weighted by Crippen LogP contribution is 2.25. The third-order valence-corrected chi connectivity index (χ3v) is 3.76. The SMILES string of the molecule is CNCCCc1csc(-c2ccc(F)c(C)c2)n1. The molecule has 0 spiro atoms. The van der Waals surface area contributed by atoms with Gasteiger partial charge in [0.25, 0.3) is 0 Å². The number of nitrogens with one attached hydrogen (secondary N) is 1. The Hall–Kier alpha value is -1.26. The molecule has 2 aromatic rings. The second kappa shape index (κ2) is 6.07. The van der Waals surface area contributed by atoms with Gasteiger partial charge in [-0.05, 0) is 57.1 Å². The van der Waals surface area contributed by atoms with E-state index in [2.05, 4.69) is 15.7 Å². The van der Waals surface area contributed by atoms with Gasteiger partial charge >= 0.3 is 0 Å². The standard InChI is InChI=1S/C14H17FN2S/c1-10-8-11(5-6-13(10)15)14-17-12(9-18-14)4-3-7-16-2/h5-6,8-9,16H,3-4,7H2,1-2H3. The zero-order valence-corrected chi connectivity index (χ0v) is 11.5. The van der Waals surface area contributed by atoms with E-state index in [9.17, 15) is 4.39 Å². The molecule has 0 atom stereocenters. The van der Waals surface area contributed by atoms with E-state index in [-0.39, 0.29) is 5.82 Å². The van der Waals surface area contributed by atoms with E-state index in [1.807, 2.05) is 13.1 Å². The van der Waals surface area contributed by atoms with Crippen LogP contribution in [0.3, 0.4) is 0 Å². The summed E-state index contributed by atoms with van der Waals surface area (Å²) in [6.45, 7) is 2.78. The highest BCUT2D eigenvalue weighted by molar-refractivity contribution is 7.13. The van der Waals surface area contributed by atoms with E-state index in [1.165, 1.54) is 6.07 Å². The molecule has 96 valence electrons.